The Morgan fingerprint density at radius 3 is 2.72 bits per heavy atom. The van der Waals surface area contributed by atoms with E-state index in [1.54, 1.807) is 22.9 Å². The highest BCUT2D eigenvalue weighted by Crippen LogP contribution is 2.12. The van der Waals surface area contributed by atoms with E-state index in [4.69, 9.17) is 5.26 Å². The highest BCUT2D eigenvalue weighted by atomic mass is 16.1. The van der Waals surface area contributed by atoms with Gasteiger partial charge in [0.25, 0.3) is 5.56 Å². The van der Waals surface area contributed by atoms with Crippen molar-refractivity contribution >= 4 is 5.69 Å². The van der Waals surface area contributed by atoms with Crippen LogP contribution in [0.1, 0.15) is 5.56 Å². The molecule has 4 heteroatoms. The zero-order valence-electron chi connectivity index (χ0n) is 9.84. The average molecular weight is 239 g/mol. The normalized spacial score (nSPS) is 9.72. The summed E-state index contributed by atoms with van der Waals surface area (Å²) in [4.78, 5) is 11.5. The molecule has 2 aromatic rings. The van der Waals surface area contributed by atoms with Gasteiger partial charge in [0.05, 0.1) is 11.3 Å². The maximum atomic E-state index is 11.5. The molecular weight excluding hydrogens is 226 g/mol. The number of nitrogens with one attached hydrogen (secondary N) is 1. The smallest absolute Gasteiger partial charge is 0.250 e. The predicted molar refractivity (Wildman–Crippen MR) is 70.3 cm³/mol. The van der Waals surface area contributed by atoms with Crippen molar-refractivity contribution in [3.8, 4) is 6.07 Å². The lowest BCUT2D eigenvalue weighted by Gasteiger charge is -2.09. The molecule has 18 heavy (non-hydrogen) atoms. The fourth-order valence-electron chi connectivity index (χ4n) is 1.69. The van der Waals surface area contributed by atoms with Gasteiger partial charge in [0, 0.05) is 25.4 Å². The molecule has 0 fully saturated rings. The average Bonchev–Trinajstić information content (AvgIpc) is 2.41. The van der Waals surface area contributed by atoms with Gasteiger partial charge in [-0.3, -0.25) is 4.79 Å². The van der Waals surface area contributed by atoms with E-state index in [1.165, 1.54) is 6.07 Å². The van der Waals surface area contributed by atoms with Crippen molar-refractivity contribution in [1.29, 1.82) is 5.26 Å². The van der Waals surface area contributed by atoms with Crippen LogP contribution in [-0.4, -0.2) is 11.1 Å². The third-order valence-corrected chi connectivity index (χ3v) is 2.61. The summed E-state index contributed by atoms with van der Waals surface area (Å²) in [7, 11) is 0. The lowest BCUT2D eigenvalue weighted by atomic mass is 10.2. The van der Waals surface area contributed by atoms with Crippen LogP contribution in [0.25, 0.3) is 0 Å². The molecule has 1 aromatic carbocycles. The molecule has 0 radical (unpaired) electrons. The summed E-state index contributed by atoms with van der Waals surface area (Å²) in [6.45, 7) is 1.17. The van der Waals surface area contributed by atoms with E-state index in [0.717, 1.165) is 5.69 Å². The maximum absolute atomic E-state index is 11.5. The first-order chi connectivity index (χ1) is 8.81. The number of nitrogens with zero attached hydrogens (tertiary/aromatic N) is 2. The summed E-state index contributed by atoms with van der Waals surface area (Å²) in [6, 6.07) is 14.5. The number of hydrogen-bond acceptors (Lipinski definition) is 3. The van der Waals surface area contributed by atoms with Crippen molar-refractivity contribution < 1.29 is 0 Å². The minimum absolute atomic E-state index is 0.0205. The second-order valence-electron chi connectivity index (χ2n) is 3.82. The Hall–Kier alpha value is -2.54. The zero-order valence-corrected chi connectivity index (χ0v) is 9.84. The van der Waals surface area contributed by atoms with E-state index >= 15 is 0 Å². The van der Waals surface area contributed by atoms with Crippen LogP contribution in [0.5, 0.6) is 0 Å². The first kappa shape index (κ1) is 11.9. The summed E-state index contributed by atoms with van der Waals surface area (Å²) >= 11 is 0. The fraction of sp³-hybridized carbons (Fsp3) is 0.143. The molecular formula is C14H13N3O. The van der Waals surface area contributed by atoms with Crippen molar-refractivity contribution in [3.05, 3.63) is 64.6 Å². The van der Waals surface area contributed by atoms with Crippen LogP contribution >= 0.6 is 0 Å². The van der Waals surface area contributed by atoms with E-state index in [-0.39, 0.29) is 5.56 Å². The molecule has 0 aliphatic rings. The van der Waals surface area contributed by atoms with Crippen LogP contribution in [0, 0.1) is 11.3 Å². The highest BCUT2D eigenvalue weighted by Gasteiger charge is 1.99. The van der Waals surface area contributed by atoms with Crippen LogP contribution in [0.4, 0.5) is 5.69 Å². The molecule has 0 aliphatic heterocycles. The molecule has 0 bridgehead atoms. The van der Waals surface area contributed by atoms with Gasteiger partial charge in [-0.15, -0.1) is 0 Å². The SMILES string of the molecule is N#Cc1ccccc1NCCn1ccccc1=O. The topological polar surface area (TPSA) is 57.8 Å². The summed E-state index contributed by atoms with van der Waals surface area (Å²) in [6.07, 6.45) is 1.75. The van der Waals surface area contributed by atoms with Gasteiger partial charge in [0.2, 0.25) is 0 Å². The van der Waals surface area contributed by atoms with Crippen molar-refractivity contribution in [2.75, 3.05) is 11.9 Å². The minimum Gasteiger partial charge on any atom is -0.382 e. The van der Waals surface area contributed by atoms with Crippen LogP contribution in [0.2, 0.25) is 0 Å². The van der Waals surface area contributed by atoms with Crippen molar-refractivity contribution in [3.63, 3.8) is 0 Å². The molecule has 1 heterocycles. The number of nitriles is 1. The second kappa shape index (κ2) is 5.69. The van der Waals surface area contributed by atoms with Crippen LogP contribution in [-0.2, 0) is 6.54 Å². The van der Waals surface area contributed by atoms with E-state index in [9.17, 15) is 4.79 Å². The van der Waals surface area contributed by atoms with Gasteiger partial charge in [-0.1, -0.05) is 18.2 Å². The lowest BCUT2D eigenvalue weighted by Crippen LogP contribution is -2.22. The molecule has 0 aliphatic carbocycles. The third-order valence-electron chi connectivity index (χ3n) is 2.61. The molecule has 0 spiro atoms. The molecule has 4 nitrogen and oxygen atoms in total. The van der Waals surface area contributed by atoms with Crippen LogP contribution in [0.15, 0.2) is 53.5 Å². The maximum Gasteiger partial charge on any atom is 0.250 e. The molecule has 0 unspecified atom stereocenters. The minimum atomic E-state index is -0.0205. The Morgan fingerprint density at radius 2 is 1.94 bits per heavy atom. The number of rotatable bonds is 4. The van der Waals surface area contributed by atoms with Crippen LogP contribution < -0.4 is 10.9 Å². The molecule has 0 saturated heterocycles. The molecule has 0 amide bonds. The van der Waals surface area contributed by atoms with Gasteiger partial charge >= 0.3 is 0 Å². The van der Waals surface area contributed by atoms with Crippen molar-refractivity contribution in [2.24, 2.45) is 0 Å². The van der Waals surface area contributed by atoms with Gasteiger partial charge in [-0.05, 0) is 18.2 Å². The number of aromatic nitrogens is 1. The Balaban J connectivity index is 1.99. The monoisotopic (exact) mass is 239 g/mol. The standard InChI is InChI=1S/C14H13N3O/c15-11-12-5-1-2-6-13(12)16-8-10-17-9-4-3-7-14(17)18/h1-7,9,16H,8,10H2. The summed E-state index contributed by atoms with van der Waals surface area (Å²) in [5.74, 6) is 0. The molecule has 1 N–H and O–H groups in total. The molecule has 0 atom stereocenters. The number of pyridine rings is 1. The van der Waals surface area contributed by atoms with E-state index in [1.807, 2.05) is 24.3 Å². The highest BCUT2D eigenvalue weighted by molar-refractivity contribution is 5.56. The van der Waals surface area contributed by atoms with E-state index in [0.29, 0.717) is 18.7 Å². The number of anilines is 1. The summed E-state index contributed by atoms with van der Waals surface area (Å²) < 4.78 is 1.63. The number of para-hydroxylation sites is 1. The van der Waals surface area contributed by atoms with Crippen molar-refractivity contribution in [2.45, 2.75) is 6.54 Å². The fourth-order valence-corrected chi connectivity index (χ4v) is 1.69. The van der Waals surface area contributed by atoms with Gasteiger partial charge in [-0.25, -0.2) is 0 Å². The number of benzene rings is 1. The molecule has 1 aromatic heterocycles. The lowest BCUT2D eigenvalue weighted by molar-refractivity contribution is 0.697. The van der Waals surface area contributed by atoms with E-state index < -0.39 is 0 Å². The van der Waals surface area contributed by atoms with Gasteiger partial charge in [0.15, 0.2) is 0 Å². The molecule has 0 saturated carbocycles. The zero-order chi connectivity index (χ0) is 12.8. The predicted octanol–water partition coefficient (Wildman–Crippen LogP) is 1.83. The van der Waals surface area contributed by atoms with Crippen molar-refractivity contribution in [1.82, 2.24) is 4.57 Å². The Labute approximate surface area is 105 Å². The quantitative estimate of drug-likeness (QED) is 0.885. The van der Waals surface area contributed by atoms with E-state index in [2.05, 4.69) is 11.4 Å². The third kappa shape index (κ3) is 2.77. The largest absolute Gasteiger partial charge is 0.382 e. The summed E-state index contributed by atoms with van der Waals surface area (Å²) in [5.41, 5.74) is 1.38. The second-order valence-corrected chi connectivity index (χ2v) is 3.82. The number of hydrogen-bond donors (Lipinski definition) is 1. The van der Waals surface area contributed by atoms with Gasteiger partial charge in [0.1, 0.15) is 6.07 Å². The first-order valence-electron chi connectivity index (χ1n) is 5.70. The Bertz CT molecular complexity index is 625. The molecule has 90 valence electrons. The Morgan fingerprint density at radius 1 is 1.17 bits per heavy atom. The first-order valence-corrected chi connectivity index (χ1v) is 5.70. The van der Waals surface area contributed by atoms with Gasteiger partial charge in [-0.2, -0.15) is 5.26 Å². The van der Waals surface area contributed by atoms with Crippen LogP contribution in [0.3, 0.4) is 0 Å². The summed E-state index contributed by atoms with van der Waals surface area (Å²) in [5, 5.41) is 12.1. The Kier molecular flexibility index (Phi) is 3.77. The van der Waals surface area contributed by atoms with Gasteiger partial charge < -0.3 is 9.88 Å². The molecule has 2 rings (SSSR count).